The summed E-state index contributed by atoms with van der Waals surface area (Å²) < 4.78 is 0. The lowest BCUT2D eigenvalue weighted by Gasteiger charge is -2.02. The molecule has 122 valence electrons. The lowest BCUT2D eigenvalue weighted by molar-refractivity contribution is -0.117. The van der Waals surface area contributed by atoms with E-state index in [1.54, 1.807) is 6.92 Å². The van der Waals surface area contributed by atoms with Crippen molar-refractivity contribution in [2.45, 2.75) is 97.8 Å². The third-order valence-electron chi connectivity index (χ3n) is 3.84. The quantitative estimate of drug-likeness (QED) is 0.255. The maximum Gasteiger partial charge on any atom is 0.129 e. The second-order valence-electron chi connectivity index (χ2n) is 6.22. The van der Waals surface area contributed by atoms with E-state index in [4.69, 9.17) is 0 Å². The number of hydrogen-bond acceptors (Lipinski definition) is 1. The first-order valence-electron chi connectivity index (χ1n) is 8.97. The predicted molar refractivity (Wildman–Crippen MR) is 94.7 cm³/mol. The lowest BCUT2D eigenvalue weighted by Crippen LogP contribution is -1.89. The Kier molecular flexibility index (Phi) is 14.9. The van der Waals surface area contributed by atoms with Gasteiger partial charge in [-0.2, -0.15) is 0 Å². The highest BCUT2D eigenvalue weighted by Gasteiger charge is 1.95. The summed E-state index contributed by atoms with van der Waals surface area (Å²) in [5.41, 5.74) is 1.52. The van der Waals surface area contributed by atoms with Crippen LogP contribution in [0.25, 0.3) is 0 Å². The van der Waals surface area contributed by atoms with Crippen molar-refractivity contribution in [1.82, 2.24) is 0 Å². The van der Waals surface area contributed by atoms with Gasteiger partial charge in [-0.25, -0.2) is 0 Å². The number of carbonyl (C=O) groups excluding carboxylic acids is 1. The summed E-state index contributed by atoms with van der Waals surface area (Å²) in [4.78, 5) is 10.8. The first-order valence-corrected chi connectivity index (χ1v) is 8.97. The summed E-state index contributed by atoms with van der Waals surface area (Å²) in [6.45, 7) is 6.19. The fraction of sp³-hybridized carbons (Fsp3) is 0.750. The van der Waals surface area contributed by atoms with Gasteiger partial charge in [-0.15, -0.1) is 0 Å². The molecule has 0 spiro atoms. The number of hydrogen-bond donors (Lipinski definition) is 0. The van der Waals surface area contributed by atoms with Crippen LogP contribution in [-0.4, -0.2) is 5.78 Å². The summed E-state index contributed by atoms with van der Waals surface area (Å²) in [6.07, 6.45) is 21.5. The number of unbranched alkanes of at least 4 members (excludes halogenated alkanes) is 7. The Morgan fingerprint density at radius 2 is 1.48 bits per heavy atom. The molecule has 0 saturated carbocycles. The second-order valence-corrected chi connectivity index (χ2v) is 6.22. The molecule has 0 N–H and O–H groups in total. The molecule has 1 nitrogen and oxygen atoms in total. The summed E-state index contributed by atoms with van der Waals surface area (Å²) in [5, 5.41) is 0. The monoisotopic (exact) mass is 292 g/mol. The molecule has 0 saturated heterocycles. The second kappa shape index (κ2) is 15.5. The normalized spacial score (nSPS) is 12.2. The van der Waals surface area contributed by atoms with Crippen LogP contribution in [0.1, 0.15) is 97.8 Å². The zero-order valence-corrected chi connectivity index (χ0v) is 14.6. The molecule has 0 aliphatic heterocycles. The van der Waals surface area contributed by atoms with Crippen molar-refractivity contribution < 1.29 is 4.79 Å². The molecule has 0 bridgehead atoms. The molecule has 0 aliphatic carbocycles. The molecule has 0 atom stereocenters. The van der Waals surface area contributed by atoms with Crippen LogP contribution in [0.2, 0.25) is 0 Å². The maximum atomic E-state index is 10.8. The van der Waals surface area contributed by atoms with Gasteiger partial charge in [0.15, 0.2) is 0 Å². The van der Waals surface area contributed by atoms with E-state index in [0.717, 1.165) is 19.3 Å². The van der Waals surface area contributed by atoms with E-state index >= 15 is 0 Å². The van der Waals surface area contributed by atoms with Crippen LogP contribution in [0.15, 0.2) is 23.8 Å². The summed E-state index contributed by atoms with van der Waals surface area (Å²) in [7, 11) is 0. The molecular weight excluding hydrogens is 256 g/mol. The van der Waals surface area contributed by atoms with Crippen molar-refractivity contribution in [3.05, 3.63) is 23.8 Å². The van der Waals surface area contributed by atoms with Crippen LogP contribution in [0, 0.1) is 0 Å². The number of allylic oxidation sites excluding steroid dienone is 4. The van der Waals surface area contributed by atoms with Crippen molar-refractivity contribution in [3.63, 3.8) is 0 Å². The van der Waals surface area contributed by atoms with Gasteiger partial charge in [0.25, 0.3) is 0 Å². The van der Waals surface area contributed by atoms with E-state index in [1.165, 1.54) is 63.4 Å². The molecule has 0 unspecified atom stereocenters. The predicted octanol–water partition coefficient (Wildman–Crippen LogP) is 6.78. The van der Waals surface area contributed by atoms with Gasteiger partial charge in [0.2, 0.25) is 0 Å². The Hall–Kier alpha value is -0.850. The molecule has 0 fully saturated rings. The van der Waals surface area contributed by atoms with E-state index < -0.39 is 0 Å². The summed E-state index contributed by atoms with van der Waals surface area (Å²) in [5.74, 6) is 0.330. The van der Waals surface area contributed by atoms with Gasteiger partial charge in [-0.1, -0.05) is 62.8 Å². The standard InChI is InChI=1S/C20H36O/c1-4-5-6-7-8-10-13-16-19(2)17-14-11-9-12-15-18-20(3)21/h8,10,16H,4-7,9,11-15,17-18H2,1-3H3/b10-8-,19-16+. The van der Waals surface area contributed by atoms with Crippen LogP contribution in [0.4, 0.5) is 0 Å². The molecule has 21 heavy (non-hydrogen) atoms. The Morgan fingerprint density at radius 3 is 2.14 bits per heavy atom. The first-order chi connectivity index (χ1) is 10.2. The fourth-order valence-electron chi connectivity index (χ4n) is 2.41. The topological polar surface area (TPSA) is 17.1 Å². The SMILES string of the molecule is CCCCC/C=C\C/C=C(\C)CCCCCCCC(C)=O. The first kappa shape index (κ1) is 20.1. The van der Waals surface area contributed by atoms with E-state index in [2.05, 4.69) is 32.1 Å². The van der Waals surface area contributed by atoms with Crippen LogP contribution >= 0.6 is 0 Å². The minimum absolute atomic E-state index is 0.330. The van der Waals surface area contributed by atoms with E-state index in [1.807, 2.05) is 0 Å². The van der Waals surface area contributed by atoms with Gasteiger partial charge < -0.3 is 4.79 Å². The van der Waals surface area contributed by atoms with Gasteiger partial charge >= 0.3 is 0 Å². The Balaban J connectivity index is 3.41. The van der Waals surface area contributed by atoms with E-state index in [0.29, 0.717) is 5.78 Å². The molecule has 0 aromatic heterocycles. The number of Topliss-reactive ketones (excluding diaryl/α,β-unsaturated/α-hetero) is 1. The molecule has 0 amide bonds. The average molecular weight is 293 g/mol. The van der Waals surface area contributed by atoms with Gasteiger partial charge in [0.05, 0.1) is 0 Å². The molecule has 0 heterocycles. The van der Waals surface area contributed by atoms with Gasteiger partial charge in [0.1, 0.15) is 5.78 Å². The maximum absolute atomic E-state index is 10.8. The Labute approximate surface area is 132 Å². The van der Waals surface area contributed by atoms with Gasteiger partial charge in [-0.05, 0) is 52.4 Å². The minimum atomic E-state index is 0.330. The highest BCUT2D eigenvalue weighted by atomic mass is 16.1. The van der Waals surface area contributed by atoms with Gasteiger partial charge in [-0.3, -0.25) is 0 Å². The lowest BCUT2D eigenvalue weighted by atomic mass is 10.0. The molecule has 0 aliphatic rings. The van der Waals surface area contributed by atoms with Crippen LogP contribution < -0.4 is 0 Å². The zero-order chi connectivity index (χ0) is 15.8. The highest BCUT2D eigenvalue weighted by Crippen LogP contribution is 2.12. The van der Waals surface area contributed by atoms with Crippen molar-refractivity contribution in [2.75, 3.05) is 0 Å². The average Bonchev–Trinajstić information content (AvgIpc) is 2.45. The third kappa shape index (κ3) is 17.1. The Morgan fingerprint density at radius 1 is 0.810 bits per heavy atom. The van der Waals surface area contributed by atoms with Gasteiger partial charge in [0, 0.05) is 6.42 Å². The van der Waals surface area contributed by atoms with Crippen molar-refractivity contribution in [1.29, 1.82) is 0 Å². The molecular formula is C20H36O. The molecule has 0 aromatic rings. The van der Waals surface area contributed by atoms with Crippen molar-refractivity contribution in [2.24, 2.45) is 0 Å². The van der Waals surface area contributed by atoms with Crippen molar-refractivity contribution in [3.8, 4) is 0 Å². The zero-order valence-electron chi connectivity index (χ0n) is 14.6. The van der Waals surface area contributed by atoms with E-state index in [-0.39, 0.29) is 0 Å². The van der Waals surface area contributed by atoms with Crippen LogP contribution in [0.5, 0.6) is 0 Å². The molecule has 0 radical (unpaired) electrons. The molecule has 0 rings (SSSR count). The van der Waals surface area contributed by atoms with E-state index in [9.17, 15) is 4.79 Å². The molecule has 0 aromatic carbocycles. The van der Waals surface area contributed by atoms with Crippen molar-refractivity contribution >= 4 is 5.78 Å². The summed E-state index contributed by atoms with van der Waals surface area (Å²) in [6, 6.07) is 0. The van der Waals surface area contributed by atoms with Crippen LogP contribution in [-0.2, 0) is 4.79 Å². The number of carbonyl (C=O) groups is 1. The fourth-order valence-corrected chi connectivity index (χ4v) is 2.41. The number of ketones is 1. The number of rotatable bonds is 14. The van der Waals surface area contributed by atoms with Crippen LogP contribution in [0.3, 0.4) is 0 Å². The summed E-state index contributed by atoms with van der Waals surface area (Å²) >= 11 is 0. The minimum Gasteiger partial charge on any atom is -0.300 e. The highest BCUT2D eigenvalue weighted by molar-refractivity contribution is 5.75. The third-order valence-corrected chi connectivity index (χ3v) is 3.84. The molecule has 1 heteroatoms. The largest absolute Gasteiger partial charge is 0.300 e. The Bertz CT molecular complexity index is 299. The smallest absolute Gasteiger partial charge is 0.129 e.